The van der Waals surface area contributed by atoms with Crippen LogP contribution in [0.15, 0.2) is 42.9 Å². The number of nitrogens with one attached hydrogen (secondary N) is 1. The van der Waals surface area contributed by atoms with E-state index in [-0.39, 0.29) is 18.5 Å². The third kappa shape index (κ3) is 4.74. The number of piperidine rings is 1. The van der Waals surface area contributed by atoms with Gasteiger partial charge in [-0.1, -0.05) is 12.1 Å². The number of hydrogen-bond acceptors (Lipinski definition) is 7. The van der Waals surface area contributed by atoms with Crippen LogP contribution in [0.5, 0.6) is 0 Å². The number of anilines is 1. The number of primary amides is 1. The molecule has 3 heterocycles. The van der Waals surface area contributed by atoms with Crippen molar-refractivity contribution in [3.8, 4) is 11.8 Å². The van der Waals surface area contributed by atoms with E-state index < -0.39 is 17.6 Å². The van der Waals surface area contributed by atoms with E-state index in [0.29, 0.717) is 37.8 Å². The molecule has 2 fully saturated rings. The van der Waals surface area contributed by atoms with E-state index in [1.165, 1.54) is 15.7 Å². The minimum Gasteiger partial charge on any atom is -0.368 e. The Morgan fingerprint density at radius 3 is 2.63 bits per heavy atom. The van der Waals surface area contributed by atoms with Crippen LogP contribution in [-0.2, 0) is 12.1 Å². The number of nitriles is 1. The molecule has 2 aromatic heterocycles. The fraction of sp³-hybridized carbons (Fsp3) is 0.458. The van der Waals surface area contributed by atoms with Crippen LogP contribution in [0.25, 0.3) is 5.69 Å². The second-order valence-electron chi connectivity index (χ2n) is 9.40. The lowest BCUT2D eigenvalue weighted by Gasteiger charge is -2.43. The van der Waals surface area contributed by atoms with Crippen molar-refractivity contribution < 1.29 is 9.18 Å². The number of carbonyl (C=O) groups is 1. The number of likely N-dealkylation sites (tertiary alicyclic amines) is 1. The summed E-state index contributed by atoms with van der Waals surface area (Å²) in [4.78, 5) is 15.6. The van der Waals surface area contributed by atoms with E-state index in [2.05, 4.69) is 26.7 Å². The van der Waals surface area contributed by atoms with Gasteiger partial charge < -0.3 is 11.1 Å². The van der Waals surface area contributed by atoms with Crippen molar-refractivity contribution >= 4 is 11.7 Å². The van der Waals surface area contributed by atoms with Gasteiger partial charge in [-0.25, -0.2) is 4.39 Å². The van der Waals surface area contributed by atoms with Gasteiger partial charge in [-0.3, -0.25) is 14.4 Å². The first-order chi connectivity index (χ1) is 17.0. The van der Waals surface area contributed by atoms with Crippen molar-refractivity contribution in [1.29, 1.82) is 5.26 Å². The zero-order chi connectivity index (χ0) is 24.4. The molecule has 1 saturated carbocycles. The lowest BCUT2D eigenvalue weighted by atomic mass is 9.83. The molecular weight excluding hydrogens is 449 g/mol. The van der Waals surface area contributed by atoms with E-state index in [0.717, 1.165) is 24.1 Å². The number of carbonyl (C=O) groups excluding carboxylic acids is 1. The number of alkyl halides is 1. The predicted molar refractivity (Wildman–Crippen MR) is 126 cm³/mol. The van der Waals surface area contributed by atoms with Gasteiger partial charge in [0.15, 0.2) is 5.82 Å². The second-order valence-corrected chi connectivity index (χ2v) is 9.40. The highest BCUT2D eigenvalue weighted by atomic mass is 19.1. The molecule has 2 atom stereocenters. The van der Waals surface area contributed by atoms with E-state index >= 15 is 4.39 Å². The van der Waals surface area contributed by atoms with Gasteiger partial charge in [0.25, 0.3) is 5.91 Å². The Hall–Kier alpha value is -3.78. The third-order valence-electron chi connectivity index (χ3n) is 6.93. The van der Waals surface area contributed by atoms with Crippen molar-refractivity contribution in [2.45, 2.75) is 43.9 Å². The van der Waals surface area contributed by atoms with E-state index in [1.54, 1.807) is 12.4 Å². The van der Waals surface area contributed by atoms with E-state index in [1.807, 2.05) is 29.2 Å². The first-order valence-electron chi connectivity index (χ1n) is 11.8. The summed E-state index contributed by atoms with van der Waals surface area (Å²) in [6.45, 7) is 2.02. The first-order valence-corrected chi connectivity index (χ1v) is 11.8. The molecule has 182 valence electrons. The summed E-state index contributed by atoms with van der Waals surface area (Å²) in [5, 5.41) is 25.5. The standard InChI is InChI=1S/C24H28FN9O/c25-21-16-32(14-18-3-5-19(6-4-18)34-29-10-11-30-34)12-8-24(21,7-9-26)33-15-20(22(27)35)23(31-33)28-13-17-1-2-17/h3-6,10-11,15,17,21H,1-2,7-8,12-14,16H2,(H2,27,35)(H,28,31). The fourth-order valence-corrected chi connectivity index (χ4v) is 4.63. The maximum Gasteiger partial charge on any atom is 0.254 e. The molecule has 1 aromatic carbocycles. The molecule has 11 heteroatoms. The summed E-state index contributed by atoms with van der Waals surface area (Å²) in [7, 11) is 0. The largest absolute Gasteiger partial charge is 0.368 e. The molecule has 0 spiro atoms. The quantitative estimate of drug-likeness (QED) is 0.483. The molecule has 3 N–H and O–H groups in total. The summed E-state index contributed by atoms with van der Waals surface area (Å²) in [6, 6.07) is 9.95. The molecule has 1 amide bonds. The highest BCUT2D eigenvalue weighted by Gasteiger charge is 2.46. The van der Waals surface area contributed by atoms with Crippen LogP contribution in [0.1, 0.15) is 41.6 Å². The number of nitrogens with zero attached hydrogens (tertiary/aromatic N) is 7. The summed E-state index contributed by atoms with van der Waals surface area (Å²) in [5.41, 5.74) is 6.55. The van der Waals surface area contributed by atoms with Gasteiger partial charge in [-0.2, -0.15) is 25.4 Å². The molecule has 10 nitrogen and oxygen atoms in total. The van der Waals surface area contributed by atoms with E-state index in [4.69, 9.17) is 5.73 Å². The molecule has 0 radical (unpaired) electrons. The minimum atomic E-state index is -1.35. The van der Waals surface area contributed by atoms with Crippen LogP contribution in [-0.4, -0.2) is 61.4 Å². The Balaban J connectivity index is 1.31. The molecule has 3 aromatic rings. The average molecular weight is 478 g/mol. The predicted octanol–water partition coefficient (Wildman–Crippen LogP) is 2.24. The fourth-order valence-electron chi connectivity index (χ4n) is 4.63. The van der Waals surface area contributed by atoms with Crippen molar-refractivity contribution in [3.05, 3.63) is 54.0 Å². The smallest absolute Gasteiger partial charge is 0.254 e. The van der Waals surface area contributed by atoms with Gasteiger partial charge in [-0.15, -0.1) is 0 Å². The van der Waals surface area contributed by atoms with Crippen LogP contribution < -0.4 is 11.1 Å². The molecule has 35 heavy (non-hydrogen) atoms. The summed E-state index contributed by atoms with van der Waals surface area (Å²) in [6.07, 6.45) is 6.02. The maximum atomic E-state index is 15.8. The second kappa shape index (κ2) is 9.46. The van der Waals surface area contributed by atoms with Gasteiger partial charge in [-0.05, 0) is 42.9 Å². The van der Waals surface area contributed by atoms with Crippen molar-refractivity contribution in [2.24, 2.45) is 11.7 Å². The summed E-state index contributed by atoms with van der Waals surface area (Å²) in [5.74, 6) is 0.308. The van der Waals surface area contributed by atoms with Crippen LogP contribution in [0.3, 0.4) is 0 Å². The average Bonchev–Trinajstić information content (AvgIpc) is 3.32. The normalized spacial score (nSPS) is 22.6. The van der Waals surface area contributed by atoms with Crippen molar-refractivity contribution in [3.63, 3.8) is 0 Å². The zero-order valence-corrected chi connectivity index (χ0v) is 19.3. The van der Waals surface area contributed by atoms with Crippen LogP contribution in [0.2, 0.25) is 0 Å². The number of halogens is 1. The topological polar surface area (TPSA) is 131 Å². The molecule has 1 saturated heterocycles. The van der Waals surface area contributed by atoms with Crippen LogP contribution in [0, 0.1) is 17.2 Å². The third-order valence-corrected chi connectivity index (χ3v) is 6.93. The minimum absolute atomic E-state index is 0.0461. The highest BCUT2D eigenvalue weighted by Crippen LogP contribution is 2.37. The molecule has 2 aliphatic rings. The number of nitrogens with two attached hydrogens (primary N) is 1. The van der Waals surface area contributed by atoms with Gasteiger partial charge >= 0.3 is 0 Å². The lowest BCUT2D eigenvalue weighted by molar-refractivity contribution is 0.00694. The SMILES string of the molecule is N#CCC1(n2cc(C(N)=O)c(NCC3CC3)n2)CCN(Cc2ccc(-n3nccn3)cc2)CC1F. The Kier molecular flexibility index (Phi) is 6.21. The summed E-state index contributed by atoms with van der Waals surface area (Å²) < 4.78 is 17.3. The molecule has 0 bridgehead atoms. The summed E-state index contributed by atoms with van der Waals surface area (Å²) >= 11 is 0. The van der Waals surface area contributed by atoms with Crippen LogP contribution >= 0.6 is 0 Å². The molecule has 1 aliphatic carbocycles. The number of rotatable bonds is 9. The zero-order valence-electron chi connectivity index (χ0n) is 19.3. The maximum absolute atomic E-state index is 15.8. The van der Waals surface area contributed by atoms with Gasteiger partial charge in [0.05, 0.1) is 30.6 Å². The highest BCUT2D eigenvalue weighted by molar-refractivity contribution is 5.97. The molecule has 1 aliphatic heterocycles. The Bertz CT molecular complexity index is 1210. The number of hydrogen-bond donors (Lipinski definition) is 2. The lowest BCUT2D eigenvalue weighted by Crippen LogP contribution is -2.54. The Morgan fingerprint density at radius 2 is 2.00 bits per heavy atom. The van der Waals surface area contributed by atoms with Gasteiger partial charge in [0, 0.05) is 32.4 Å². The van der Waals surface area contributed by atoms with Crippen molar-refractivity contribution in [2.75, 3.05) is 25.0 Å². The number of aromatic nitrogens is 5. The Labute approximate surface area is 202 Å². The monoisotopic (exact) mass is 477 g/mol. The first kappa shape index (κ1) is 23.0. The van der Waals surface area contributed by atoms with Gasteiger partial charge in [0.2, 0.25) is 0 Å². The van der Waals surface area contributed by atoms with Crippen molar-refractivity contribution in [1.82, 2.24) is 29.7 Å². The van der Waals surface area contributed by atoms with Crippen LogP contribution in [0.4, 0.5) is 10.2 Å². The number of amides is 1. The van der Waals surface area contributed by atoms with Gasteiger partial charge in [0.1, 0.15) is 17.3 Å². The molecular formula is C24H28FN9O. The molecule has 2 unspecified atom stereocenters. The Morgan fingerprint density at radius 1 is 1.26 bits per heavy atom. The number of benzene rings is 1. The van der Waals surface area contributed by atoms with E-state index in [9.17, 15) is 10.1 Å². The molecule has 5 rings (SSSR count).